The van der Waals surface area contributed by atoms with Crippen LogP contribution in [0.3, 0.4) is 0 Å². The summed E-state index contributed by atoms with van der Waals surface area (Å²) in [4.78, 5) is 18.2. The van der Waals surface area contributed by atoms with E-state index in [4.69, 9.17) is 4.74 Å². The second-order valence-corrected chi connectivity index (χ2v) is 7.96. The van der Waals surface area contributed by atoms with E-state index in [2.05, 4.69) is 83.8 Å². The van der Waals surface area contributed by atoms with Crippen molar-refractivity contribution in [3.63, 3.8) is 0 Å². The van der Waals surface area contributed by atoms with Crippen molar-refractivity contribution in [2.75, 3.05) is 69.8 Å². The quantitative estimate of drug-likeness (QED) is 0.654. The number of ether oxygens (including phenoxy) is 1. The van der Waals surface area contributed by atoms with Gasteiger partial charge in [0.1, 0.15) is 12.6 Å². The summed E-state index contributed by atoms with van der Waals surface area (Å²) in [6, 6.07) is 19.5. The van der Waals surface area contributed by atoms with Gasteiger partial charge in [0.15, 0.2) is 0 Å². The molecule has 1 aliphatic heterocycles. The van der Waals surface area contributed by atoms with E-state index >= 15 is 0 Å². The van der Waals surface area contributed by atoms with E-state index in [-0.39, 0.29) is 18.6 Å². The Morgan fingerprint density at radius 2 is 1.77 bits per heavy atom. The van der Waals surface area contributed by atoms with E-state index in [0.717, 1.165) is 26.2 Å². The number of benzene rings is 2. The lowest BCUT2D eigenvalue weighted by Gasteiger charge is -2.38. The standard InChI is InChI=1S/C24H34N4O2/c1-4-30-19-24(29)25-18-23(20-10-12-21(13-11-20)26(2)3)28-16-14-27(15-17-28)22-8-6-5-7-9-22/h5-13,23H,4,14-19H2,1-3H3,(H,25,29)/p+1/t23-/m1/s1. The highest BCUT2D eigenvalue weighted by Crippen LogP contribution is 2.17. The fraction of sp³-hybridized carbons (Fsp3) is 0.458. The number of rotatable bonds is 9. The number of nitrogens with one attached hydrogen (secondary N) is 2. The molecule has 0 radical (unpaired) electrons. The fourth-order valence-electron chi connectivity index (χ4n) is 4.00. The first-order valence-electron chi connectivity index (χ1n) is 10.8. The minimum absolute atomic E-state index is 0.0471. The molecule has 1 amide bonds. The van der Waals surface area contributed by atoms with Crippen molar-refractivity contribution in [2.45, 2.75) is 13.0 Å². The first-order valence-corrected chi connectivity index (χ1v) is 10.8. The zero-order valence-electron chi connectivity index (χ0n) is 18.4. The number of piperazine rings is 1. The number of quaternary nitrogens is 1. The highest BCUT2D eigenvalue weighted by Gasteiger charge is 2.29. The third kappa shape index (κ3) is 5.97. The zero-order valence-corrected chi connectivity index (χ0v) is 18.4. The summed E-state index contributed by atoms with van der Waals surface area (Å²) in [6.45, 7) is 7.30. The SMILES string of the molecule is CCOCC(=O)NC[C@H](c1ccc(N(C)C)cc1)[NH+]1CCN(c2ccccc2)CC1. The fourth-order valence-corrected chi connectivity index (χ4v) is 4.00. The molecule has 0 aromatic heterocycles. The Balaban J connectivity index is 1.68. The molecule has 0 saturated carbocycles. The average Bonchev–Trinajstić information content (AvgIpc) is 2.79. The number of amides is 1. The van der Waals surface area contributed by atoms with Gasteiger partial charge in [-0.15, -0.1) is 0 Å². The van der Waals surface area contributed by atoms with Gasteiger partial charge >= 0.3 is 0 Å². The van der Waals surface area contributed by atoms with E-state index in [0.29, 0.717) is 13.2 Å². The van der Waals surface area contributed by atoms with Gasteiger partial charge in [0, 0.05) is 37.6 Å². The van der Waals surface area contributed by atoms with Gasteiger partial charge in [-0.05, 0) is 31.2 Å². The number of hydrogen-bond donors (Lipinski definition) is 2. The van der Waals surface area contributed by atoms with Crippen molar-refractivity contribution in [3.05, 3.63) is 60.2 Å². The Hall–Kier alpha value is -2.57. The van der Waals surface area contributed by atoms with Crippen LogP contribution in [0.15, 0.2) is 54.6 Å². The van der Waals surface area contributed by atoms with Crippen LogP contribution < -0.4 is 20.0 Å². The summed E-state index contributed by atoms with van der Waals surface area (Å²) < 4.78 is 5.25. The number of hydrogen-bond acceptors (Lipinski definition) is 4. The van der Waals surface area contributed by atoms with Crippen molar-refractivity contribution in [1.29, 1.82) is 0 Å². The summed E-state index contributed by atoms with van der Waals surface area (Å²) in [7, 11) is 4.10. The topological polar surface area (TPSA) is 49.2 Å². The van der Waals surface area contributed by atoms with Gasteiger partial charge in [0.2, 0.25) is 5.91 Å². The number of carbonyl (C=O) groups is 1. The molecule has 30 heavy (non-hydrogen) atoms. The monoisotopic (exact) mass is 411 g/mol. The largest absolute Gasteiger partial charge is 0.378 e. The molecule has 2 aromatic carbocycles. The minimum atomic E-state index is -0.0471. The van der Waals surface area contributed by atoms with Crippen molar-refractivity contribution in [1.82, 2.24) is 5.32 Å². The minimum Gasteiger partial charge on any atom is -0.378 e. The van der Waals surface area contributed by atoms with Gasteiger partial charge in [0.05, 0.1) is 32.7 Å². The molecule has 1 heterocycles. The van der Waals surface area contributed by atoms with Crippen molar-refractivity contribution >= 4 is 17.3 Å². The van der Waals surface area contributed by atoms with Gasteiger partial charge in [-0.3, -0.25) is 4.79 Å². The average molecular weight is 412 g/mol. The van der Waals surface area contributed by atoms with Crippen LogP contribution in [0.2, 0.25) is 0 Å². The van der Waals surface area contributed by atoms with Crippen LogP contribution in [0, 0.1) is 0 Å². The number of para-hydroxylation sites is 1. The van der Waals surface area contributed by atoms with Gasteiger partial charge < -0.3 is 24.8 Å². The number of carbonyl (C=O) groups excluding carboxylic acids is 1. The van der Waals surface area contributed by atoms with Crippen LogP contribution >= 0.6 is 0 Å². The molecule has 162 valence electrons. The lowest BCUT2D eigenvalue weighted by Crippen LogP contribution is -3.15. The molecule has 0 unspecified atom stereocenters. The van der Waals surface area contributed by atoms with Crippen molar-refractivity contribution in [2.24, 2.45) is 0 Å². The van der Waals surface area contributed by atoms with E-state index in [9.17, 15) is 4.79 Å². The van der Waals surface area contributed by atoms with E-state index in [1.54, 1.807) is 0 Å². The van der Waals surface area contributed by atoms with Crippen molar-refractivity contribution < 1.29 is 14.4 Å². The molecule has 0 spiro atoms. The maximum absolute atomic E-state index is 12.1. The van der Waals surface area contributed by atoms with Crippen LogP contribution in [0.5, 0.6) is 0 Å². The molecule has 3 rings (SSSR count). The molecule has 1 saturated heterocycles. The van der Waals surface area contributed by atoms with Gasteiger partial charge in [-0.2, -0.15) is 0 Å². The number of anilines is 2. The van der Waals surface area contributed by atoms with Crippen LogP contribution in [0.1, 0.15) is 18.5 Å². The molecule has 6 nitrogen and oxygen atoms in total. The Kier molecular flexibility index (Phi) is 8.11. The van der Waals surface area contributed by atoms with Crippen LogP contribution in [0.4, 0.5) is 11.4 Å². The van der Waals surface area contributed by atoms with E-state index in [1.807, 2.05) is 6.92 Å². The summed E-state index contributed by atoms with van der Waals surface area (Å²) in [5.41, 5.74) is 3.73. The van der Waals surface area contributed by atoms with Crippen LogP contribution in [-0.2, 0) is 9.53 Å². The molecular weight excluding hydrogens is 376 g/mol. The smallest absolute Gasteiger partial charge is 0.246 e. The molecule has 1 atom stereocenters. The Morgan fingerprint density at radius 1 is 1.10 bits per heavy atom. The molecule has 2 aromatic rings. The molecule has 2 N–H and O–H groups in total. The summed E-state index contributed by atoms with van der Waals surface area (Å²) in [5, 5.41) is 3.08. The molecule has 1 fully saturated rings. The molecule has 0 bridgehead atoms. The first-order chi connectivity index (χ1) is 14.6. The van der Waals surface area contributed by atoms with E-state index < -0.39 is 0 Å². The number of nitrogens with zero attached hydrogens (tertiary/aromatic N) is 2. The second-order valence-electron chi connectivity index (χ2n) is 7.96. The molecule has 1 aliphatic rings. The summed E-state index contributed by atoms with van der Waals surface area (Å²) >= 11 is 0. The highest BCUT2D eigenvalue weighted by molar-refractivity contribution is 5.77. The van der Waals surface area contributed by atoms with Crippen molar-refractivity contribution in [3.8, 4) is 0 Å². The third-order valence-electron chi connectivity index (χ3n) is 5.77. The molecule has 0 aliphatic carbocycles. The van der Waals surface area contributed by atoms with E-state index in [1.165, 1.54) is 21.8 Å². The molecule has 6 heteroatoms. The highest BCUT2D eigenvalue weighted by atomic mass is 16.5. The van der Waals surface area contributed by atoms with Gasteiger partial charge in [-0.1, -0.05) is 30.3 Å². The van der Waals surface area contributed by atoms with Gasteiger partial charge in [0.25, 0.3) is 0 Å². The Bertz CT molecular complexity index is 772. The third-order valence-corrected chi connectivity index (χ3v) is 5.77. The lowest BCUT2D eigenvalue weighted by molar-refractivity contribution is -0.931. The molecular formula is C24H35N4O2+. The lowest BCUT2D eigenvalue weighted by atomic mass is 10.0. The van der Waals surface area contributed by atoms with Crippen LogP contribution in [0.25, 0.3) is 0 Å². The maximum atomic E-state index is 12.1. The Labute approximate surface area is 180 Å². The first kappa shape index (κ1) is 22.1. The summed E-state index contributed by atoms with van der Waals surface area (Å²) in [5.74, 6) is -0.0471. The Morgan fingerprint density at radius 3 is 2.37 bits per heavy atom. The maximum Gasteiger partial charge on any atom is 0.246 e. The predicted molar refractivity (Wildman–Crippen MR) is 122 cm³/mol. The van der Waals surface area contributed by atoms with Crippen LogP contribution in [-0.4, -0.2) is 65.9 Å². The normalized spacial score (nSPS) is 15.6. The van der Waals surface area contributed by atoms with Gasteiger partial charge in [-0.25, -0.2) is 0 Å². The summed E-state index contributed by atoms with van der Waals surface area (Å²) in [6.07, 6.45) is 0. The second kappa shape index (κ2) is 11.0. The zero-order chi connectivity index (χ0) is 21.3. The predicted octanol–water partition coefficient (Wildman–Crippen LogP) is 1.35.